The minimum absolute atomic E-state index is 0.0725. The summed E-state index contributed by atoms with van der Waals surface area (Å²) in [4.78, 5) is 16.6. The zero-order valence-electron chi connectivity index (χ0n) is 12.7. The zero-order valence-corrected chi connectivity index (χ0v) is 14.2. The maximum absolute atomic E-state index is 12.4. The Kier molecular flexibility index (Phi) is 5.74. The lowest BCUT2D eigenvalue weighted by Crippen LogP contribution is -2.25. The van der Waals surface area contributed by atoms with E-state index in [1.54, 1.807) is 31.5 Å². The fourth-order valence-electron chi connectivity index (χ4n) is 1.88. The Morgan fingerprint density at radius 3 is 2.86 bits per heavy atom. The number of ether oxygens (including phenoxy) is 1. The van der Waals surface area contributed by atoms with Crippen molar-refractivity contribution in [3.8, 4) is 5.75 Å². The summed E-state index contributed by atoms with van der Waals surface area (Å²) in [5, 5.41) is 3.94. The summed E-state index contributed by atoms with van der Waals surface area (Å²) < 4.78 is 6.99. The second kappa shape index (κ2) is 7.56. The standard InChI is InChI=1S/C15H18ClN3O2S/c1-4-13(22-15-17-7-8-19(15)2)14(20)18-10-5-6-12(21-3)11(16)9-10/h5-9,13H,4H2,1-3H3,(H,18,20). The lowest BCUT2D eigenvalue weighted by atomic mass is 10.2. The number of benzene rings is 1. The molecule has 1 atom stereocenters. The summed E-state index contributed by atoms with van der Waals surface area (Å²) in [6.45, 7) is 1.97. The lowest BCUT2D eigenvalue weighted by Gasteiger charge is -2.15. The van der Waals surface area contributed by atoms with E-state index >= 15 is 0 Å². The van der Waals surface area contributed by atoms with Gasteiger partial charge in [-0.05, 0) is 24.6 Å². The molecule has 0 fully saturated rings. The van der Waals surface area contributed by atoms with E-state index in [9.17, 15) is 4.79 Å². The quantitative estimate of drug-likeness (QED) is 0.817. The third-order valence-electron chi connectivity index (χ3n) is 3.11. The minimum Gasteiger partial charge on any atom is -0.495 e. The summed E-state index contributed by atoms with van der Waals surface area (Å²) >= 11 is 7.51. The molecule has 0 spiro atoms. The smallest absolute Gasteiger partial charge is 0.237 e. The van der Waals surface area contributed by atoms with Gasteiger partial charge in [0.25, 0.3) is 0 Å². The topological polar surface area (TPSA) is 56.2 Å². The number of halogens is 1. The molecule has 0 saturated heterocycles. The fourth-order valence-corrected chi connectivity index (χ4v) is 3.08. The lowest BCUT2D eigenvalue weighted by molar-refractivity contribution is -0.115. The highest BCUT2D eigenvalue weighted by Crippen LogP contribution is 2.29. The molecule has 2 rings (SSSR count). The summed E-state index contributed by atoms with van der Waals surface area (Å²) in [6, 6.07) is 5.17. The van der Waals surface area contributed by atoms with Gasteiger partial charge in [0.2, 0.25) is 5.91 Å². The molecule has 7 heteroatoms. The van der Waals surface area contributed by atoms with Gasteiger partial charge in [-0.2, -0.15) is 0 Å². The van der Waals surface area contributed by atoms with Crippen molar-refractivity contribution < 1.29 is 9.53 Å². The molecule has 1 aromatic carbocycles. The Bertz CT molecular complexity index is 660. The van der Waals surface area contributed by atoms with Crippen molar-refractivity contribution in [3.63, 3.8) is 0 Å². The summed E-state index contributed by atoms with van der Waals surface area (Å²) in [5.74, 6) is 0.505. The fraction of sp³-hybridized carbons (Fsp3) is 0.333. The van der Waals surface area contributed by atoms with Gasteiger partial charge in [0.15, 0.2) is 5.16 Å². The highest BCUT2D eigenvalue weighted by Gasteiger charge is 2.20. The van der Waals surface area contributed by atoms with Crippen molar-refractivity contribution in [2.45, 2.75) is 23.8 Å². The molecular weight excluding hydrogens is 322 g/mol. The van der Waals surface area contributed by atoms with Crippen LogP contribution in [0.25, 0.3) is 0 Å². The molecule has 22 heavy (non-hydrogen) atoms. The molecule has 1 aromatic heterocycles. The molecule has 5 nitrogen and oxygen atoms in total. The number of rotatable bonds is 6. The SMILES string of the molecule is CCC(Sc1nccn1C)C(=O)Nc1ccc(OC)c(Cl)c1. The van der Waals surface area contributed by atoms with Gasteiger partial charge in [0.05, 0.1) is 17.4 Å². The molecule has 0 aliphatic heterocycles. The number of aromatic nitrogens is 2. The van der Waals surface area contributed by atoms with Crippen molar-refractivity contribution >= 4 is 35.0 Å². The van der Waals surface area contributed by atoms with Crippen LogP contribution in [0, 0.1) is 0 Å². The van der Waals surface area contributed by atoms with Gasteiger partial charge >= 0.3 is 0 Å². The van der Waals surface area contributed by atoms with E-state index in [4.69, 9.17) is 16.3 Å². The first kappa shape index (κ1) is 16.7. The van der Waals surface area contributed by atoms with Gasteiger partial charge in [-0.3, -0.25) is 4.79 Å². The number of hydrogen-bond acceptors (Lipinski definition) is 4. The number of hydrogen-bond donors (Lipinski definition) is 1. The van der Waals surface area contributed by atoms with Crippen molar-refractivity contribution in [2.24, 2.45) is 7.05 Å². The molecule has 1 N–H and O–H groups in total. The molecule has 0 radical (unpaired) electrons. The van der Waals surface area contributed by atoms with E-state index in [2.05, 4.69) is 10.3 Å². The van der Waals surface area contributed by atoms with Crippen molar-refractivity contribution in [2.75, 3.05) is 12.4 Å². The summed E-state index contributed by atoms with van der Waals surface area (Å²) in [7, 11) is 3.46. The normalized spacial score (nSPS) is 12.0. The molecule has 1 heterocycles. The van der Waals surface area contributed by atoms with E-state index in [0.29, 0.717) is 22.9 Å². The van der Waals surface area contributed by atoms with Crippen LogP contribution in [0.2, 0.25) is 5.02 Å². The van der Waals surface area contributed by atoms with Crippen LogP contribution in [0.3, 0.4) is 0 Å². The van der Waals surface area contributed by atoms with Gasteiger partial charge in [0.1, 0.15) is 5.75 Å². The monoisotopic (exact) mass is 339 g/mol. The third-order valence-corrected chi connectivity index (χ3v) is 4.84. The molecule has 0 aliphatic rings. The first-order valence-electron chi connectivity index (χ1n) is 6.83. The van der Waals surface area contributed by atoms with Crippen LogP contribution < -0.4 is 10.1 Å². The van der Waals surface area contributed by atoms with Crippen LogP contribution in [0.1, 0.15) is 13.3 Å². The maximum atomic E-state index is 12.4. The first-order valence-corrected chi connectivity index (χ1v) is 8.09. The van der Waals surface area contributed by atoms with E-state index in [1.807, 2.05) is 24.7 Å². The first-order chi connectivity index (χ1) is 10.5. The Balaban J connectivity index is 2.06. The van der Waals surface area contributed by atoms with Crippen LogP contribution in [0.5, 0.6) is 5.75 Å². The number of anilines is 1. The number of carbonyl (C=O) groups is 1. The third kappa shape index (κ3) is 3.96. The van der Waals surface area contributed by atoms with Crippen LogP contribution in [0.4, 0.5) is 5.69 Å². The number of amides is 1. The van der Waals surface area contributed by atoms with Gasteiger partial charge in [0, 0.05) is 25.1 Å². The minimum atomic E-state index is -0.220. The average Bonchev–Trinajstić information content (AvgIpc) is 2.90. The molecule has 2 aromatic rings. The van der Waals surface area contributed by atoms with Gasteiger partial charge in [-0.15, -0.1) is 0 Å². The van der Waals surface area contributed by atoms with Crippen molar-refractivity contribution in [3.05, 3.63) is 35.6 Å². The highest BCUT2D eigenvalue weighted by molar-refractivity contribution is 8.00. The van der Waals surface area contributed by atoms with E-state index < -0.39 is 0 Å². The van der Waals surface area contributed by atoms with Crippen LogP contribution in [0.15, 0.2) is 35.7 Å². The predicted molar refractivity (Wildman–Crippen MR) is 89.8 cm³/mol. The van der Waals surface area contributed by atoms with Crippen LogP contribution >= 0.6 is 23.4 Å². The summed E-state index contributed by atoms with van der Waals surface area (Å²) in [6.07, 6.45) is 4.28. The van der Waals surface area contributed by atoms with E-state index in [1.165, 1.54) is 11.8 Å². The van der Waals surface area contributed by atoms with Crippen molar-refractivity contribution in [1.82, 2.24) is 9.55 Å². The van der Waals surface area contributed by atoms with Crippen molar-refractivity contribution in [1.29, 1.82) is 0 Å². The second-order valence-corrected chi connectivity index (χ2v) is 6.25. The Morgan fingerprint density at radius 2 is 2.32 bits per heavy atom. The number of methoxy groups -OCH3 is 1. The number of carbonyl (C=O) groups excluding carboxylic acids is 1. The maximum Gasteiger partial charge on any atom is 0.237 e. The van der Waals surface area contributed by atoms with E-state index in [-0.39, 0.29) is 11.2 Å². The highest BCUT2D eigenvalue weighted by atomic mass is 35.5. The molecule has 0 bridgehead atoms. The van der Waals surface area contributed by atoms with Crippen LogP contribution in [-0.4, -0.2) is 27.8 Å². The number of nitrogens with zero attached hydrogens (tertiary/aromatic N) is 2. The van der Waals surface area contributed by atoms with Gasteiger partial charge < -0.3 is 14.6 Å². The number of imidazole rings is 1. The number of nitrogens with one attached hydrogen (secondary N) is 1. The Labute approximate surface area is 139 Å². The Hall–Kier alpha value is -1.66. The van der Waals surface area contributed by atoms with Gasteiger partial charge in [-0.1, -0.05) is 30.3 Å². The molecule has 0 aliphatic carbocycles. The largest absolute Gasteiger partial charge is 0.495 e. The number of aryl methyl sites for hydroxylation is 1. The van der Waals surface area contributed by atoms with E-state index in [0.717, 1.165) is 5.16 Å². The molecular formula is C15H18ClN3O2S. The molecule has 0 saturated carbocycles. The zero-order chi connectivity index (χ0) is 16.1. The summed E-state index contributed by atoms with van der Waals surface area (Å²) in [5.41, 5.74) is 0.648. The number of thioether (sulfide) groups is 1. The van der Waals surface area contributed by atoms with Gasteiger partial charge in [-0.25, -0.2) is 4.98 Å². The van der Waals surface area contributed by atoms with Crippen LogP contribution in [-0.2, 0) is 11.8 Å². The average molecular weight is 340 g/mol. The molecule has 118 valence electrons. The molecule has 1 amide bonds. The second-order valence-electron chi connectivity index (χ2n) is 4.67. The molecule has 1 unspecified atom stereocenters. The Morgan fingerprint density at radius 1 is 1.55 bits per heavy atom. The predicted octanol–water partition coefficient (Wildman–Crippen LogP) is 3.59.